The number of benzene rings is 1. The van der Waals surface area contributed by atoms with Crippen molar-refractivity contribution in [2.45, 2.75) is 33.7 Å². The average Bonchev–Trinajstić information content (AvgIpc) is 3.04. The minimum Gasteiger partial charge on any atom is -0.360 e. The number of aryl methyl sites for hydroxylation is 1. The molecule has 0 fully saturated rings. The predicted molar refractivity (Wildman–Crippen MR) is 114 cm³/mol. The molecule has 8 nitrogen and oxygen atoms in total. The third kappa shape index (κ3) is 8.82. The fourth-order valence-electron chi connectivity index (χ4n) is 2.43. The van der Waals surface area contributed by atoms with Crippen molar-refractivity contribution in [1.29, 1.82) is 0 Å². The second-order valence-corrected chi connectivity index (χ2v) is 7.97. The Hall–Kier alpha value is -2.81. The van der Waals surface area contributed by atoms with Gasteiger partial charge >= 0.3 is 0 Å². The second-order valence-electron chi connectivity index (χ2n) is 6.99. The lowest BCUT2D eigenvalue weighted by atomic mass is 10.1. The van der Waals surface area contributed by atoms with Gasteiger partial charge in [0.25, 0.3) is 0 Å². The van der Waals surface area contributed by atoms with Crippen molar-refractivity contribution in [3.05, 3.63) is 41.7 Å². The van der Waals surface area contributed by atoms with Gasteiger partial charge in [-0.2, -0.15) is 0 Å². The number of rotatable bonds is 10. The van der Waals surface area contributed by atoms with Gasteiger partial charge < -0.3 is 20.5 Å². The van der Waals surface area contributed by atoms with Crippen LogP contribution in [-0.4, -0.2) is 34.4 Å². The molecule has 0 aliphatic rings. The van der Waals surface area contributed by atoms with Gasteiger partial charge in [-0.1, -0.05) is 31.1 Å². The lowest BCUT2D eigenvalue weighted by molar-refractivity contribution is -0.119. The Balaban J connectivity index is 1.68. The fraction of sp³-hybridized carbons (Fsp3) is 0.400. The van der Waals surface area contributed by atoms with Crippen LogP contribution >= 0.6 is 11.8 Å². The van der Waals surface area contributed by atoms with E-state index in [-0.39, 0.29) is 35.1 Å². The number of aromatic nitrogens is 1. The number of hydrogen-bond donors (Lipinski definition) is 3. The van der Waals surface area contributed by atoms with Crippen molar-refractivity contribution in [1.82, 2.24) is 10.5 Å². The summed E-state index contributed by atoms with van der Waals surface area (Å²) in [6.45, 7) is 6.06. The molecular formula is C20H26N4O4S. The molecule has 0 unspecified atom stereocenters. The molecule has 0 radical (unpaired) electrons. The molecule has 3 amide bonds. The Labute approximate surface area is 174 Å². The van der Waals surface area contributed by atoms with Crippen molar-refractivity contribution in [2.24, 2.45) is 5.92 Å². The largest absolute Gasteiger partial charge is 0.360 e. The Kier molecular flexibility index (Phi) is 8.72. The van der Waals surface area contributed by atoms with Gasteiger partial charge in [0.1, 0.15) is 5.76 Å². The quantitative estimate of drug-likeness (QED) is 0.547. The van der Waals surface area contributed by atoms with Crippen LogP contribution in [0.1, 0.15) is 31.6 Å². The molecule has 1 heterocycles. The summed E-state index contributed by atoms with van der Waals surface area (Å²) in [4.78, 5) is 35.6. The second kappa shape index (κ2) is 11.3. The van der Waals surface area contributed by atoms with E-state index in [4.69, 9.17) is 4.52 Å². The van der Waals surface area contributed by atoms with Crippen LogP contribution in [0, 0.1) is 12.8 Å². The summed E-state index contributed by atoms with van der Waals surface area (Å²) < 4.78 is 4.87. The predicted octanol–water partition coefficient (Wildman–Crippen LogP) is 2.96. The summed E-state index contributed by atoms with van der Waals surface area (Å²) in [7, 11) is 0. The number of hydrogen-bond acceptors (Lipinski definition) is 6. The van der Waals surface area contributed by atoms with Gasteiger partial charge in [-0.05, 0) is 30.5 Å². The molecule has 1 aromatic carbocycles. The maximum absolute atomic E-state index is 12.0. The average molecular weight is 419 g/mol. The summed E-state index contributed by atoms with van der Waals surface area (Å²) >= 11 is 1.21. The van der Waals surface area contributed by atoms with E-state index in [1.54, 1.807) is 13.0 Å². The van der Waals surface area contributed by atoms with Crippen molar-refractivity contribution < 1.29 is 18.9 Å². The summed E-state index contributed by atoms with van der Waals surface area (Å²) in [5.74, 6) is 1.10. The monoisotopic (exact) mass is 418 g/mol. The Morgan fingerprint density at radius 2 is 1.83 bits per heavy atom. The molecule has 156 valence electrons. The zero-order chi connectivity index (χ0) is 21.2. The summed E-state index contributed by atoms with van der Waals surface area (Å²) in [6.07, 6.45) is 0.460. The summed E-state index contributed by atoms with van der Waals surface area (Å²) in [5, 5.41) is 11.9. The lowest BCUT2D eigenvalue weighted by Crippen LogP contribution is -2.25. The SMILES string of the molecule is Cc1cc(NC(=O)CSCC(=O)NCc2cccc(NC(=O)CC(C)C)c2)no1. The van der Waals surface area contributed by atoms with E-state index in [1.807, 2.05) is 38.1 Å². The first-order valence-corrected chi connectivity index (χ1v) is 10.4. The third-order valence-corrected chi connectivity index (χ3v) is 4.59. The van der Waals surface area contributed by atoms with Gasteiger partial charge in [-0.25, -0.2) is 0 Å². The van der Waals surface area contributed by atoms with Crippen molar-refractivity contribution in [3.63, 3.8) is 0 Å². The third-order valence-electron chi connectivity index (χ3n) is 3.66. The Bertz CT molecular complexity index is 851. The first kappa shape index (κ1) is 22.5. The van der Waals surface area contributed by atoms with Crippen molar-refractivity contribution in [2.75, 3.05) is 22.1 Å². The van der Waals surface area contributed by atoms with Crippen molar-refractivity contribution >= 4 is 41.0 Å². The van der Waals surface area contributed by atoms with Crippen LogP contribution in [0.3, 0.4) is 0 Å². The highest BCUT2D eigenvalue weighted by atomic mass is 32.2. The van der Waals surface area contributed by atoms with E-state index in [2.05, 4.69) is 21.1 Å². The smallest absolute Gasteiger partial charge is 0.235 e. The highest BCUT2D eigenvalue weighted by Crippen LogP contribution is 2.12. The van der Waals surface area contributed by atoms with Gasteiger partial charge in [0.2, 0.25) is 17.7 Å². The Morgan fingerprint density at radius 1 is 1.07 bits per heavy atom. The van der Waals surface area contributed by atoms with Gasteiger partial charge in [0.15, 0.2) is 5.82 Å². The molecule has 2 rings (SSSR count). The molecule has 0 atom stereocenters. The van der Waals surface area contributed by atoms with Crippen LogP contribution in [0.15, 0.2) is 34.9 Å². The molecule has 2 aromatic rings. The molecule has 0 aliphatic heterocycles. The maximum atomic E-state index is 12.0. The van der Waals surface area contributed by atoms with E-state index in [1.165, 1.54) is 11.8 Å². The standard InChI is InChI=1S/C20H26N4O4S/c1-13(2)7-18(25)22-16-6-4-5-15(9-16)10-21-19(26)11-29-12-20(27)23-17-8-14(3)28-24-17/h4-6,8-9,13H,7,10-12H2,1-3H3,(H,21,26)(H,22,25)(H,23,24,27). The van der Waals surface area contributed by atoms with Crippen LogP contribution in [0.5, 0.6) is 0 Å². The molecule has 0 bridgehead atoms. The van der Waals surface area contributed by atoms with Crippen LogP contribution in [0.2, 0.25) is 0 Å². The molecule has 0 saturated carbocycles. The van der Waals surface area contributed by atoms with E-state index < -0.39 is 0 Å². The van der Waals surface area contributed by atoms with Crippen LogP contribution in [-0.2, 0) is 20.9 Å². The lowest BCUT2D eigenvalue weighted by Gasteiger charge is -2.10. The zero-order valence-corrected chi connectivity index (χ0v) is 17.6. The van der Waals surface area contributed by atoms with Gasteiger partial charge in [0.05, 0.1) is 11.5 Å². The van der Waals surface area contributed by atoms with Gasteiger partial charge in [0, 0.05) is 24.7 Å². The molecule has 0 saturated heterocycles. The van der Waals surface area contributed by atoms with Gasteiger partial charge in [-0.3, -0.25) is 14.4 Å². The van der Waals surface area contributed by atoms with E-state index in [0.717, 1.165) is 5.56 Å². The number of thioether (sulfide) groups is 1. The summed E-state index contributed by atoms with van der Waals surface area (Å²) in [5.41, 5.74) is 1.58. The van der Waals surface area contributed by atoms with Crippen LogP contribution < -0.4 is 16.0 Å². The number of carbonyl (C=O) groups is 3. The Morgan fingerprint density at radius 3 is 2.52 bits per heavy atom. The number of anilines is 2. The van der Waals surface area contributed by atoms with Crippen LogP contribution in [0.25, 0.3) is 0 Å². The molecule has 0 aliphatic carbocycles. The highest BCUT2D eigenvalue weighted by Gasteiger charge is 2.09. The first-order chi connectivity index (χ1) is 13.8. The number of nitrogens with zero attached hydrogens (tertiary/aromatic N) is 1. The zero-order valence-electron chi connectivity index (χ0n) is 16.8. The normalized spacial score (nSPS) is 10.6. The van der Waals surface area contributed by atoms with E-state index >= 15 is 0 Å². The fourth-order valence-corrected chi connectivity index (χ4v) is 3.08. The minimum absolute atomic E-state index is 0.0309. The molecular weight excluding hydrogens is 392 g/mol. The molecule has 1 aromatic heterocycles. The molecule has 29 heavy (non-hydrogen) atoms. The van der Waals surface area contributed by atoms with E-state index in [0.29, 0.717) is 30.2 Å². The first-order valence-electron chi connectivity index (χ1n) is 9.28. The highest BCUT2D eigenvalue weighted by molar-refractivity contribution is 8.00. The molecule has 0 spiro atoms. The minimum atomic E-state index is -0.249. The summed E-state index contributed by atoms with van der Waals surface area (Å²) in [6, 6.07) is 8.97. The maximum Gasteiger partial charge on any atom is 0.235 e. The van der Waals surface area contributed by atoms with Crippen molar-refractivity contribution in [3.8, 4) is 0 Å². The number of carbonyl (C=O) groups excluding carboxylic acids is 3. The molecule has 9 heteroatoms. The van der Waals surface area contributed by atoms with Crippen LogP contribution in [0.4, 0.5) is 11.5 Å². The molecule has 3 N–H and O–H groups in total. The van der Waals surface area contributed by atoms with E-state index in [9.17, 15) is 14.4 Å². The number of nitrogens with one attached hydrogen (secondary N) is 3. The topological polar surface area (TPSA) is 113 Å². The van der Waals surface area contributed by atoms with Gasteiger partial charge in [-0.15, -0.1) is 11.8 Å². The number of amides is 3.